The van der Waals surface area contributed by atoms with Crippen LogP contribution in [0.2, 0.25) is 0 Å². The van der Waals surface area contributed by atoms with Gasteiger partial charge in [0.15, 0.2) is 11.5 Å². The number of hydrogen-bond acceptors (Lipinski definition) is 6. The maximum atomic E-state index is 14.4. The van der Waals surface area contributed by atoms with Gasteiger partial charge >= 0.3 is 6.09 Å². The first-order valence-electron chi connectivity index (χ1n) is 14.5. The zero-order chi connectivity index (χ0) is 30.5. The first-order chi connectivity index (χ1) is 20.8. The van der Waals surface area contributed by atoms with Gasteiger partial charge in [-0.3, -0.25) is 4.79 Å². The van der Waals surface area contributed by atoms with Crippen LogP contribution in [-0.4, -0.2) is 69.1 Å². The summed E-state index contributed by atoms with van der Waals surface area (Å²) >= 11 is 0. The molecule has 1 aliphatic heterocycles. The summed E-state index contributed by atoms with van der Waals surface area (Å²) in [6.07, 6.45) is 2.78. The van der Waals surface area contributed by atoms with Crippen molar-refractivity contribution in [1.82, 2.24) is 9.80 Å². The largest absolute Gasteiger partial charge is 0.493 e. The fourth-order valence-corrected chi connectivity index (χ4v) is 5.64. The molecule has 2 aliphatic rings. The predicted molar refractivity (Wildman–Crippen MR) is 166 cm³/mol. The smallest absolute Gasteiger partial charge is 0.415 e. The summed E-state index contributed by atoms with van der Waals surface area (Å²) in [5.74, 6) is 0.752. The molecule has 224 valence electrons. The fourth-order valence-electron chi connectivity index (χ4n) is 5.64. The quantitative estimate of drug-likeness (QED) is 0.286. The number of carbonyl (C=O) groups excluding carboxylic acids is 2. The number of rotatable bonds is 9. The van der Waals surface area contributed by atoms with Gasteiger partial charge in [-0.25, -0.2) is 9.18 Å². The normalized spacial score (nSPS) is 15.9. The van der Waals surface area contributed by atoms with Crippen LogP contribution in [0.5, 0.6) is 17.2 Å². The third-order valence-electron chi connectivity index (χ3n) is 8.10. The van der Waals surface area contributed by atoms with Crippen LogP contribution in [0.1, 0.15) is 42.0 Å². The summed E-state index contributed by atoms with van der Waals surface area (Å²) in [5.41, 5.74) is 6.30. The number of Topliss-reactive ketones (excluding diaryl/α,β-unsaturated/α-hetero) is 1. The van der Waals surface area contributed by atoms with E-state index >= 15 is 0 Å². The van der Waals surface area contributed by atoms with Gasteiger partial charge in [0.1, 0.15) is 11.6 Å². The van der Waals surface area contributed by atoms with Gasteiger partial charge in [0.25, 0.3) is 0 Å². The highest BCUT2D eigenvalue weighted by Crippen LogP contribution is 2.46. The maximum absolute atomic E-state index is 14.4. The van der Waals surface area contributed by atoms with Gasteiger partial charge in [0, 0.05) is 39.0 Å². The lowest BCUT2D eigenvalue weighted by molar-refractivity contribution is -0.118. The molecule has 0 spiro atoms. The van der Waals surface area contributed by atoms with E-state index in [9.17, 15) is 14.0 Å². The first kappa shape index (κ1) is 30.0. The van der Waals surface area contributed by atoms with Crippen molar-refractivity contribution < 1.29 is 28.2 Å². The molecule has 0 radical (unpaired) electrons. The van der Waals surface area contributed by atoms with Gasteiger partial charge < -0.3 is 24.0 Å². The van der Waals surface area contributed by atoms with Crippen LogP contribution < -0.4 is 14.2 Å². The summed E-state index contributed by atoms with van der Waals surface area (Å²) < 4.78 is 31.5. The van der Waals surface area contributed by atoms with Gasteiger partial charge in [-0.05, 0) is 89.7 Å². The zero-order valence-corrected chi connectivity index (χ0v) is 25.1. The van der Waals surface area contributed by atoms with Gasteiger partial charge in [-0.2, -0.15) is 0 Å². The lowest BCUT2D eigenvalue weighted by Crippen LogP contribution is -2.48. The molecule has 5 rings (SSSR count). The molecule has 0 bridgehead atoms. The Morgan fingerprint density at radius 3 is 2.23 bits per heavy atom. The summed E-state index contributed by atoms with van der Waals surface area (Å²) in [4.78, 5) is 29.6. The second-order valence-corrected chi connectivity index (χ2v) is 11.0. The second kappa shape index (κ2) is 13.3. The third kappa shape index (κ3) is 6.81. The van der Waals surface area contributed by atoms with Crippen LogP contribution in [0, 0.1) is 5.82 Å². The van der Waals surface area contributed by atoms with E-state index in [0.29, 0.717) is 43.9 Å². The van der Waals surface area contributed by atoms with Crippen LogP contribution in [0.25, 0.3) is 17.2 Å². The number of ketones is 1. The standard InChI is InChI=1S/C35H37FN2O5/c1-23-28(13-11-27(39)18-24-8-6-5-7-9-24)31-22-26(36)10-12-29(31)30(23)19-25-20-32(41-3)34(33(21-25)42-4)43-35(40)38-16-14-37(2)15-17-38/h5-10,12,19-22H,11,13-18H2,1-4H3/b30-19-. The number of nitrogens with zero attached hydrogens (tertiary/aromatic N) is 2. The molecule has 0 aromatic heterocycles. The van der Waals surface area contributed by atoms with E-state index in [4.69, 9.17) is 14.2 Å². The second-order valence-electron chi connectivity index (χ2n) is 11.0. The van der Waals surface area contributed by atoms with E-state index in [1.54, 1.807) is 29.2 Å². The number of piperazine rings is 1. The number of fused-ring (bicyclic) bond motifs is 1. The fraction of sp³-hybridized carbons (Fsp3) is 0.314. The Morgan fingerprint density at radius 1 is 0.907 bits per heavy atom. The lowest BCUT2D eigenvalue weighted by atomic mass is 9.97. The Labute approximate surface area is 252 Å². The van der Waals surface area contributed by atoms with Crippen LogP contribution in [0.15, 0.2) is 66.2 Å². The van der Waals surface area contributed by atoms with E-state index in [1.165, 1.54) is 20.3 Å². The summed E-state index contributed by atoms with van der Waals surface area (Å²) in [5, 5.41) is 0. The molecule has 0 atom stereocenters. The molecule has 43 heavy (non-hydrogen) atoms. The average molecular weight is 585 g/mol. The molecule has 1 heterocycles. The van der Waals surface area contributed by atoms with E-state index in [-0.39, 0.29) is 17.3 Å². The zero-order valence-electron chi connectivity index (χ0n) is 25.1. The van der Waals surface area contributed by atoms with Crippen molar-refractivity contribution in [1.29, 1.82) is 0 Å². The third-order valence-corrected chi connectivity index (χ3v) is 8.10. The molecule has 1 fully saturated rings. The molecular formula is C35H37FN2O5. The monoisotopic (exact) mass is 584 g/mol. The average Bonchev–Trinajstić information content (AvgIpc) is 3.26. The minimum Gasteiger partial charge on any atom is -0.493 e. The molecule has 1 aliphatic carbocycles. The number of methoxy groups -OCH3 is 2. The Balaban J connectivity index is 1.42. The SMILES string of the molecule is COc1cc(/C=C2/C(C)=C(CCC(=O)Cc3ccccc3)c3cc(F)ccc32)cc(OC)c1OC(=O)N1CCN(C)CC1. The maximum Gasteiger partial charge on any atom is 0.415 e. The molecule has 0 N–H and O–H groups in total. The summed E-state index contributed by atoms with van der Waals surface area (Å²) in [6.45, 7) is 4.71. The van der Waals surface area contributed by atoms with Crippen molar-refractivity contribution in [3.63, 3.8) is 0 Å². The number of allylic oxidation sites excluding steroid dienone is 3. The van der Waals surface area contributed by atoms with E-state index in [1.807, 2.05) is 50.4 Å². The molecule has 1 saturated heterocycles. The van der Waals surface area contributed by atoms with Gasteiger partial charge in [-0.1, -0.05) is 36.4 Å². The van der Waals surface area contributed by atoms with Crippen molar-refractivity contribution in [3.8, 4) is 17.2 Å². The van der Waals surface area contributed by atoms with Crippen molar-refractivity contribution in [2.75, 3.05) is 47.4 Å². The highest BCUT2D eigenvalue weighted by atomic mass is 19.1. The van der Waals surface area contributed by atoms with E-state index < -0.39 is 6.09 Å². The van der Waals surface area contributed by atoms with Crippen LogP contribution >= 0.6 is 0 Å². The number of benzene rings is 3. The number of hydrogen-bond donors (Lipinski definition) is 0. The minimum absolute atomic E-state index is 0.137. The molecule has 3 aromatic rings. The first-order valence-corrected chi connectivity index (χ1v) is 14.5. The van der Waals surface area contributed by atoms with Crippen molar-refractivity contribution >= 4 is 29.1 Å². The van der Waals surface area contributed by atoms with E-state index in [2.05, 4.69) is 4.90 Å². The number of halogens is 1. The van der Waals surface area contributed by atoms with Gasteiger partial charge in [-0.15, -0.1) is 0 Å². The molecule has 1 amide bonds. The molecule has 3 aromatic carbocycles. The highest BCUT2D eigenvalue weighted by molar-refractivity contribution is 6.05. The van der Waals surface area contributed by atoms with Crippen LogP contribution in [0.3, 0.4) is 0 Å². The van der Waals surface area contributed by atoms with Crippen LogP contribution in [-0.2, 0) is 11.2 Å². The number of likely N-dealkylation sites (N-methyl/N-ethyl adjacent to an activating group) is 1. The molecular weight excluding hydrogens is 547 g/mol. The van der Waals surface area contributed by atoms with E-state index in [0.717, 1.165) is 52.1 Å². The molecule has 0 unspecified atom stereocenters. The van der Waals surface area contributed by atoms with Crippen LogP contribution in [0.4, 0.5) is 9.18 Å². The predicted octanol–water partition coefficient (Wildman–Crippen LogP) is 6.51. The van der Waals surface area contributed by atoms with Gasteiger partial charge in [0.2, 0.25) is 5.75 Å². The Hall–Kier alpha value is -4.43. The Kier molecular flexibility index (Phi) is 9.26. The molecule has 8 heteroatoms. The number of carbonyl (C=O) groups is 2. The minimum atomic E-state index is -0.451. The van der Waals surface area contributed by atoms with Gasteiger partial charge in [0.05, 0.1) is 14.2 Å². The molecule has 0 saturated carbocycles. The summed E-state index contributed by atoms with van der Waals surface area (Å²) in [7, 11) is 5.05. The molecule has 7 nitrogen and oxygen atoms in total. The topological polar surface area (TPSA) is 68.3 Å². The lowest BCUT2D eigenvalue weighted by Gasteiger charge is -2.31. The number of ether oxygens (including phenoxy) is 3. The Bertz CT molecular complexity index is 1550. The van der Waals surface area contributed by atoms with Crippen molar-refractivity contribution in [2.45, 2.75) is 26.2 Å². The van der Waals surface area contributed by atoms with Crippen molar-refractivity contribution in [3.05, 3.63) is 94.3 Å². The van der Waals surface area contributed by atoms with Crippen molar-refractivity contribution in [2.24, 2.45) is 0 Å². The number of amides is 1. The highest BCUT2D eigenvalue weighted by Gasteiger charge is 2.27. The Morgan fingerprint density at radius 2 is 1.58 bits per heavy atom. The summed E-state index contributed by atoms with van der Waals surface area (Å²) in [6, 6.07) is 18.0.